The Morgan fingerprint density at radius 3 is 2.80 bits per heavy atom. The summed E-state index contributed by atoms with van der Waals surface area (Å²) in [7, 11) is 0. The van der Waals surface area contributed by atoms with Gasteiger partial charge in [-0.2, -0.15) is 0 Å². The van der Waals surface area contributed by atoms with Crippen LogP contribution in [0.5, 0.6) is 0 Å². The maximum atomic E-state index is 6.10. The molecule has 1 aromatic heterocycles. The molecule has 1 atom stereocenters. The van der Waals surface area contributed by atoms with E-state index in [1.165, 1.54) is 29.8 Å². The van der Waals surface area contributed by atoms with Crippen molar-refractivity contribution in [3.63, 3.8) is 0 Å². The first-order valence-corrected chi connectivity index (χ1v) is 8.02. The zero-order valence-corrected chi connectivity index (χ0v) is 13.4. The molecule has 0 spiro atoms. The summed E-state index contributed by atoms with van der Waals surface area (Å²) in [6.07, 6.45) is 4.74. The molecule has 0 saturated carbocycles. The van der Waals surface area contributed by atoms with Crippen LogP contribution in [0, 0.1) is 6.92 Å². The van der Waals surface area contributed by atoms with Gasteiger partial charge in [0, 0.05) is 16.7 Å². The number of hydrogen-bond acceptors (Lipinski definition) is 2. The standard InChI is InChI=1S/C16H20BrN3/c1-11-19-14-8-4-5-9-15(14)20(11)16(10-18)12-6-2-3-7-13(12)17/h2-3,6-7,16H,4-5,8-10,18H2,1H3. The summed E-state index contributed by atoms with van der Waals surface area (Å²) < 4.78 is 3.47. The molecule has 1 aliphatic rings. The summed E-state index contributed by atoms with van der Waals surface area (Å²) in [6, 6.07) is 8.51. The summed E-state index contributed by atoms with van der Waals surface area (Å²) in [5.74, 6) is 1.09. The highest BCUT2D eigenvalue weighted by Crippen LogP contribution is 2.31. The van der Waals surface area contributed by atoms with Gasteiger partial charge in [0.1, 0.15) is 5.82 Å². The summed E-state index contributed by atoms with van der Waals surface area (Å²) in [5.41, 5.74) is 10.0. The van der Waals surface area contributed by atoms with Crippen molar-refractivity contribution < 1.29 is 0 Å². The molecule has 0 aliphatic heterocycles. The average Bonchev–Trinajstić information content (AvgIpc) is 2.78. The van der Waals surface area contributed by atoms with Crippen LogP contribution < -0.4 is 5.73 Å². The van der Waals surface area contributed by atoms with Gasteiger partial charge in [-0.1, -0.05) is 34.1 Å². The Labute approximate surface area is 128 Å². The van der Waals surface area contributed by atoms with Crippen molar-refractivity contribution in [1.82, 2.24) is 9.55 Å². The van der Waals surface area contributed by atoms with E-state index in [1.54, 1.807) is 0 Å². The number of aryl methyl sites for hydroxylation is 2. The quantitative estimate of drug-likeness (QED) is 0.935. The molecule has 0 fully saturated rings. The number of aromatic nitrogens is 2. The molecule has 1 aliphatic carbocycles. The van der Waals surface area contributed by atoms with Crippen LogP contribution in [0.1, 0.15) is 41.7 Å². The topological polar surface area (TPSA) is 43.8 Å². The fraction of sp³-hybridized carbons (Fsp3) is 0.438. The molecule has 2 aromatic rings. The average molecular weight is 334 g/mol. The molecule has 0 amide bonds. The minimum Gasteiger partial charge on any atom is -0.328 e. The molecule has 0 bridgehead atoms. The Balaban J connectivity index is 2.11. The van der Waals surface area contributed by atoms with Gasteiger partial charge in [0.2, 0.25) is 0 Å². The highest BCUT2D eigenvalue weighted by Gasteiger charge is 2.24. The van der Waals surface area contributed by atoms with Crippen molar-refractivity contribution in [2.75, 3.05) is 6.54 Å². The minimum absolute atomic E-state index is 0.167. The van der Waals surface area contributed by atoms with E-state index in [0.29, 0.717) is 6.54 Å². The Hall–Kier alpha value is -1.13. The molecule has 1 aromatic carbocycles. The van der Waals surface area contributed by atoms with E-state index in [-0.39, 0.29) is 6.04 Å². The third-order valence-electron chi connectivity index (χ3n) is 4.15. The SMILES string of the molecule is Cc1nc2c(n1C(CN)c1ccccc1Br)CCCC2. The fourth-order valence-electron chi connectivity index (χ4n) is 3.23. The predicted molar refractivity (Wildman–Crippen MR) is 84.9 cm³/mol. The Kier molecular flexibility index (Phi) is 3.94. The van der Waals surface area contributed by atoms with Gasteiger partial charge in [-0.25, -0.2) is 4.98 Å². The van der Waals surface area contributed by atoms with Crippen LogP contribution in [0.25, 0.3) is 0 Å². The first-order valence-electron chi connectivity index (χ1n) is 7.23. The van der Waals surface area contributed by atoms with Gasteiger partial charge in [-0.15, -0.1) is 0 Å². The van der Waals surface area contributed by atoms with Crippen LogP contribution in [0.3, 0.4) is 0 Å². The van der Waals surface area contributed by atoms with E-state index in [9.17, 15) is 0 Å². The first kappa shape index (κ1) is 13.8. The molecule has 1 unspecified atom stereocenters. The number of rotatable bonds is 3. The molecule has 1 heterocycles. The summed E-state index contributed by atoms with van der Waals surface area (Å²) in [4.78, 5) is 4.77. The van der Waals surface area contributed by atoms with E-state index in [1.807, 2.05) is 6.07 Å². The van der Waals surface area contributed by atoms with Crippen molar-refractivity contribution in [1.29, 1.82) is 0 Å². The molecule has 106 valence electrons. The lowest BCUT2D eigenvalue weighted by atomic mass is 9.99. The highest BCUT2D eigenvalue weighted by atomic mass is 79.9. The highest BCUT2D eigenvalue weighted by molar-refractivity contribution is 9.10. The normalized spacial score (nSPS) is 15.9. The van der Waals surface area contributed by atoms with Crippen molar-refractivity contribution >= 4 is 15.9 Å². The number of benzene rings is 1. The molecule has 4 heteroatoms. The van der Waals surface area contributed by atoms with Gasteiger partial charge in [0.05, 0.1) is 11.7 Å². The Morgan fingerprint density at radius 1 is 1.30 bits per heavy atom. The van der Waals surface area contributed by atoms with E-state index in [4.69, 9.17) is 10.7 Å². The van der Waals surface area contributed by atoms with Crippen molar-refractivity contribution in [2.45, 2.75) is 38.6 Å². The van der Waals surface area contributed by atoms with Crippen molar-refractivity contribution in [3.05, 3.63) is 51.5 Å². The van der Waals surface area contributed by atoms with Crippen LogP contribution in [0.15, 0.2) is 28.7 Å². The van der Waals surface area contributed by atoms with Crippen LogP contribution in [-0.2, 0) is 12.8 Å². The summed E-state index contributed by atoms with van der Waals surface area (Å²) >= 11 is 3.65. The van der Waals surface area contributed by atoms with E-state index in [2.05, 4.69) is 45.6 Å². The lowest BCUT2D eigenvalue weighted by Crippen LogP contribution is -2.24. The monoisotopic (exact) mass is 333 g/mol. The number of nitrogens with zero attached hydrogens (tertiary/aromatic N) is 2. The smallest absolute Gasteiger partial charge is 0.106 e. The fourth-order valence-corrected chi connectivity index (χ4v) is 3.78. The molecule has 0 radical (unpaired) electrons. The van der Waals surface area contributed by atoms with Gasteiger partial charge in [-0.05, 0) is 44.2 Å². The maximum absolute atomic E-state index is 6.10. The second-order valence-electron chi connectivity index (χ2n) is 5.40. The number of nitrogens with two attached hydrogens (primary N) is 1. The molecule has 3 nitrogen and oxygen atoms in total. The predicted octanol–water partition coefficient (Wildman–Crippen LogP) is 3.38. The maximum Gasteiger partial charge on any atom is 0.106 e. The van der Waals surface area contributed by atoms with Crippen molar-refractivity contribution in [3.8, 4) is 0 Å². The second-order valence-corrected chi connectivity index (χ2v) is 6.26. The third kappa shape index (κ3) is 2.31. The van der Waals surface area contributed by atoms with Crippen LogP contribution >= 0.6 is 15.9 Å². The first-order chi connectivity index (χ1) is 9.72. The zero-order valence-electron chi connectivity index (χ0n) is 11.8. The number of imidazole rings is 1. The molecular formula is C16H20BrN3. The Bertz CT molecular complexity index is 618. The lowest BCUT2D eigenvalue weighted by molar-refractivity contribution is 0.535. The molecule has 0 saturated heterocycles. The van der Waals surface area contributed by atoms with Crippen LogP contribution in [0.4, 0.5) is 0 Å². The van der Waals surface area contributed by atoms with Gasteiger partial charge in [0.15, 0.2) is 0 Å². The number of hydrogen-bond donors (Lipinski definition) is 1. The van der Waals surface area contributed by atoms with E-state index in [0.717, 1.165) is 23.1 Å². The minimum atomic E-state index is 0.167. The summed E-state index contributed by atoms with van der Waals surface area (Å²) in [5, 5.41) is 0. The van der Waals surface area contributed by atoms with Gasteiger partial charge in [-0.3, -0.25) is 0 Å². The largest absolute Gasteiger partial charge is 0.328 e. The van der Waals surface area contributed by atoms with Gasteiger partial charge in [0.25, 0.3) is 0 Å². The molecular weight excluding hydrogens is 314 g/mol. The number of fused-ring (bicyclic) bond motifs is 1. The van der Waals surface area contributed by atoms with E-state index >= 15 is 0 Å². The van der Waals surface area contributed by atoms with Crippen molar-refractivity contribution in [2.24, 2.45) is 5.73 Å². The van der Waals surface area contributed by atoms with Gasteiger partial charge >= 0.3 is 0 Å². The second kappa shape index (κ2) is 5.70. The van der Waals surface area contributed by atoms with Crippen LogP contribution in [0.2, 0.25) is 0 Å². The molecule has 3 rings (SSSR count). The van der Waals surface area contributed by atoms with Gasteiger partial charge < -0.3 is 10.3 Å². The lowest BCUT2D eigenvalue weighted by Gasteiger charge is -2.24. The van der Waals surface area contributed by atoms with E-state index < -0.39 is 0 Å². The Morgan fingerprint density at radius 2 is 2.05 bits per heavy atom. The molecule has 2 N–H and O–H groups in total. The third-order valence-corrected chi connectivity index (χ3v) is 4.87. The van der Waals surface area contributed by atoms with Crippen LogP contribution in [-0.4, -0.2) is 16.1 Å². The number of halogens is 1. The zero-order chi connectivity index (χ0) is 14.1. The molecule has 20 heavy (non-hydrogen) atoms. The summed E-state index contributed by atoms with van der Waals surface area (Å²) in [6.45, 7) is 2.68.